The summed E-state index contributed by atoms with van der Waals surface area (Å²) in [6.45, 7) is 1.80. The maximum absolute atomic E-state index is 11.5. The smallest absolute Gasteiger partial charge is 0.291 e. The molecule has 1 N–H and O–H groups in total. The zero-order valence-electron chi connectivity index (χ0n) is 8.11. The number of ether oxygens (including phenoxy) is 1. The van der Waals surface area contributed by atoms with E-state index in [4.69, 9.17) is 16.3 Å². The van der Waals surface area contributed by atoms with Crippen LogP contribution < -0.4 is 9.80 Å². The Bertz CT molecular complexity index is 408. The maximum atomic E-state index is 11.5. The van der Waals surface area contributed by atoms with Crippen LogP contribution >= 0.6 is 11.6 Å². The number of benzene rings is 1. The van der Waals surface area contributed by atoms with Crippen LogP contribution in [0.5, 0.6) is 5.75 Å². The molecule has 5 heteroatoms. The van der Waals surface area contributed by atoms with E-state index in [0.717, 1.165) is 0 Å². The molecule has 2 rings (SSSR count). The van der Waals surface area contributed by atoms with Crippen molar-refractivity contribution in [1.82, 2.24) is 0 Å². The van der Waals surface area contributed by atoms with E-state index in [1.807, 2.05) is 0 Å². The van der Waals surface area contributed by atoms with Crippen molar-refractivity contribution >= 4 is 23.2 Å². The molecule has 0 aliphatic carbocycles. The van der Waals surface area contributed by atoms with Gasteiger partial charge in [-0.05, 0) is 18.6 Å². The number of hydroxylamine groups is 1. The summed E-state index contributed by atoms with van der Waals surface area (Å²) in [7, 11) is 0. The third-order valence-corrected chi connectivity index (χ3v) is 2.59. The van der Waals surface area contributed by atoms with Crippen LogP contribution in [0.15, 0.2) is 18.2 Å². The molecular formula is C10H10ClNO3. The third-order valence-electron chi connectivity index (χ3n) is 2.29. The first kappa shape index (κ1) is 10.3. The van der Waals surface area contributed by atoms with E-state index in [2.05, 4.69) is 0 Å². The summed E-state index contributed by atoms with van der Waals surface area (Å²) in [5.74, 6) is -0.111. The van der Waals surface area contributed by atoms with Crippen LogP contribution in [0.25, 0.3) is 0 Å². The molecule has 1 amide bonds. The highest BCUT2D eigenvalue weighted by Crippen LogP contribution is 2.39. The molecule has 0 fully saturated rings. The fourth-order valence-electron chi connectivity index (χ4n) is 1.49. The van der Waals surface area contributed by atoms with Gasteiger partial charge in [0.05, 0.1) is 5.02 Å². The molecule has 0 spiro atoms. The largest absolute Gasteiger partial charge is 0.477 e. The molecule has 1 aliphatic rings. The van der Waals surface area contributed by atoms with Crippen molar-refractivity contribution in [2.24, 2.45) is 0 Å². The van der Waals surface area contributed by atoms with Gasteiger partial charge in [0.15, 0.2) is 11.9 Å². The van der Waals surface area contributed by atoms with Crippen molar-refractivity contribution in [2.45, 2.75) is 19.4 Å². The lowest BCUT2D eigenvalue weighted by molar-refractivity contribution is -0.132. The normalized spacial score (nSPS) is 19.8. The quantitative estimate of drug-likeness (QED) is 0.749. The van der Waals surface area contributed by atoms with Gasteiger partial charge in [0, 0.05) is 0 Å². The van der Waals surface area contributed by atoms with E-state index in [1.54, 1.807) is 25.1 Å². The van der Waals surface area contributed by atoms with Gasteiger partial charge in [-0.15, -0.1) is 0 Å². The minimum atomic E-state index is -0.664. The van der Waals surface area contributed by atoms with Crippen LogP contribution in [0.1, 0.15) is 13.3 Å². The number of nitrogens with zero attached hydrogens (tertiary/aromatic N) is 1. The molecule has 0 radical (unpaired) electrons. The predicted molar refractivity (Wildman–Crippen MR) is 55.4 cm³/mol. The first-order valence-corrected chi connectivity index (χ1v) is 5.01. The second-order valence-electron chi connectivity index (χ2n) is 3.25. The average Bonchev–Trinajstić information content (AvgIpc) is 2.24. The topological polar surface area (TPSA) is 49.8 Å². The van der Waals surface area contributed by atoms with Gasteiger partial charge in [-0.3, -0.25) is 10.0 Å². The summed E-state index contributed by atoms with van der Waals surface area (Å²) in [6, 6.07) is 4.87. The van der Waals surface area contributed by atoms with Gasteiger partial charge >= 0.3 is 0 Å². The van der Waals surface area contributed by atoms with E-state index >= 15 is 0 Å². The van der Waals surface area contributed by atoms with Crippen LogP contribution in [-0.4, -0.2) is 17.2 Å². The molecule has 1 heterocycles. The molecule has 0 aromatic heterocycles. The monoisotopic (exact) mass is 227 g/mol. The van der Waals surface area contributed by atoms with Crippen molar-refractivity contribution in [2.75, 3.05) is 5.06 Å². The number of carbonyl (C=O) groups is 1. The number of rotatable bonds is 1. The van der Waals surface area contributed by atoms with E-state index in [9.17, 15) is 10.0 Å². The minimum absolute atomic E-state index is 0.289. The number of para-hydroxylation sites is 1. The number of amides is 1. The molecule has 1 aromatic rings. The Morgan fingerprint density at radius 2 is 2.33 bits per heavy atom. The molecule has 80 valence electrons. The molecular weight excluding hydrogens is 218 g/mol. The van der Waals surface area contributed by atoms with Gasteiger partial charge in [0.25, 0.3) is 5.91 Å². The average molecular weight is 228 g/mol. The van der Waals surface area contributed by atoms with Crippen molar-refractivity contribution < 1.29 is 14.7 Å². The Labute approximate surface area is 92.0 Å². The zero-order valence-corrected chi connectivity index (χ0v) is 8.86. The zero-order chi connectivity index (χ0) is 11.0. The number of carbonyl (C=O) groups excluding carboxylic acids is 1. The molecule has 4 nitrogen and oxygen atoms in total. The van der Waals surface area contributed by atoms with Crippen LogP contribution in [0.4, 0.5) is 5.69 Å². The van der Waals surface area contributed by atoms with Gasteiger partial charge in [-0.1, -0.05) is 24.6 Å². The summed E-state index contributed by atoms with van der Waals surface area (Å²) < 4.78 is 5.41. The van der Waals surface area contributed by atoms with Gasteiger partial charge in [-0.2, -0.15) is 5.06 Å². The molecule has 0 saturated carbocycles. The molecule has 0 bridgehead atoms. The number of anilines is 1. The van der Waals surface area contributed by atoms with E-state index in [-0.39, 0.29) is 5.69 Å². The number of halogens is 1. The highest BCUT2D eigenvalue weighted by atomic mass is 35.5. The first-order chi connectivity index (χ1) is 7.15. The van der Waals surface area contributed by atoms with Gasteiger partial charge < -0.3 is 4.74 Å². The van der Waals surface area contributed by atoms with E-state index in [0.29, 0.717) is 22.3 Å². The van der Waals surface area contributed by atoms with Crippen molar-refractivity contribution in [3.8, 4) is 5.75 Å². The van der Waals surface area contributed by atoms with Gasteiger partial charge in [0.1, 0.15) is 5.69 Å². The summed E-state index contributed by atoms with van der Waals surface area (Å²) in [6.07, 6.45) is -0.178. The molecule has 1 aromatic carbocycles. The summed E-state index contributed by atoms with van der Waals surface area (Å²) in [5.41, 5.74) is 0.289. The predicted octanol–water partition coefficient (Wildman–Crippen LogP) is 2.23. The van der Waals surface area contributed by atoms with E-state index in [1.165, 1.54) is 0 Å². The lowest BCUT2D eigenvalue weighted by Gasteiger charge is -2.30. The highest BCUT2D eigenvalue weighted by Gasteiger charge is 2.33. The fraction of sp³-hybridized carbons (Fsp3) is 0.300. The molecule has 15 heavy (non-hydrogen) atoms. The minimum Gasteiger partial charge on any atom is -0.477 e. The Morgan fingerprint density at radius 1 is 1.60 bits per heavy atom. The molecule has 1 atom stereocenters. The van der Waals surface area contributed by atoms with Gasteiger partial charge in [0.2, 0.25) is 0 Å². The van der Waals surface area contributed by atoms with Crippen LogP contribution in [0, 0.1) is 0 Å². The van der Waals surface area contributed by atoms with Crippen molar-refractivity contribution in [3.05, 3.63) is 23.2 Å². The fourth-order valence-corrected chi connectivity index (χ4v) is 1.70. The number of hydrogen-bond acceptors (Lipinski definition) is 3. The van der Waals surface area contributed by atoms with Crippen molar-refractivity contribution in [1.29, 1.82) is 0 Å². The lowest BCUT2D eigenvalue weighted by Crippen LogP contribution is -2.43. The Morgan fingerprint density at radius 3 is 3.00 bits per heavy atom. The molecule has 1 aliphatic heterocycles. The standard InChI is InChI=1S/C10H10ClNO3/c1-2-8-10(13)12(14)7-5-3-4-6(11)9(7)15-8/h3-5,8,14H,2H2,1H3/t8-/m1/s1. The summed E-state index contributed by atoms with van der Waals surface area (Å²) in [5, 5.41) is 10.6. The van der Waals surface area contributed by atoms with Crippen LogP contribution in [-0.2, 0) is 4.79 Å². The summed E-state index contributed by atoms with van der Waals surface area (Å²) in [4.78, 5) is 11.5. The Kier molecular flexibility index (Phi) is 2.54. The second-order valence-corrected chi connectivity index (χ2v) is 3.66. The first-order valence-electron chi connectivity index (χ1n) is 4.63. The third kappa shape index (κ3) is 1.56. The van der Waals surface area contributed by atoms with Crippen molar-refractivity contribution in [3.63, 3.8) is 0 Å². The number of fused-ring (bicyclic) bond motifs is 1. The van der Waals surface area contributed by atoms with E-state index < -0.39 is 12.0 Å². The Balaban J connectivity index is 2.50. The SMILES string of the molecule is CC[C@H]1Oc2c(Cl)cccc2N(O)C1=O. The second kappa shape index (κ2) is 3.72. The summed E-state index contributed by atoms with van der Waals surface area (Å²) >= 11 is 5.90. The maximum Gasteiger partial charge on any atom is 0.291 e. The highest BCUT2D eigenvalue weighted by molar-refractivity contribution is 6.32. The lowest BCUT2D eigenvalue weighted by atomic mass is 10.2. The molecule has 0 unspecified atom stereocenters. The van der Waals surface area contributed by atoms with Crippen LogP contribution in [0.3, 0.4) is 0 Å². The number of hydrogen-bond donors (Lipinski definition) is 1. The van der Waals surface area contributed by atoms with Crippen LogP contribution in [0.2, 0.25) is 5.02 Å². The van der Waals surface area contributed by atoms with Gasteiger partial charge in [-0.25, -0.2) is 0 Å². The molecule has 0 saturated heterocycles. The Hall–Kier alpha value is -1.26.